The van der Waals surface area contributed by atoms with Gasteiger partial charge in [0.15, 0.2) is 5.96 Å². The minimum atomic E-state index is -3.48. The number of hydrogen-bond acceptors (Lipinski definition) is 4. The zero-order valence-electron chi connectivity index (χ0n) is 16.8. The smallest absolute Gasteiger partial charge is 0.243 e. The van der Waals surface area contributed by atoms with Crippen LogP contribution in [-0.2, 0) is 16.6 Å². The van der Waals surface area contributed by atoms with E-state index in [-0.39, 0.29) is 6.54 Å². The fourth-order valence-corrected chi connectivity index (χ4v) is 5.85. The van der Waals surface area contributed by atoms with Gasteiger partial charge < -0.3 is 11.1 Å². The first-order valence-corrected chi connectivity index (χ1v) is 11.8. The van der Waals surface area contributed by atoms with Crippen molar-refractivity contribution in [1.82, 2.24) is 14.5 Å². The number of aliphatic imine (C=N–C) groups is 1. The third-order valence-electron chi connectivity index (χ3n) is 5.75. The largest absolute Gasteiger partial charge is 0.370 e. The lowest BCUT2D eigenvalue weighted by molar-refractivity contribution is 0.267. The SMILES string of the molecule is CCN1CCCC1CNC(N)=NCc1ccccc1S(=O)(=O)N1CCCCC1. The number of rotatable bonds is 7. The first-order chi connectivity index (χ1) is 13.5. The molecule has 1 aromatic rings. The molecule has 1 atom stereocenters. The van der Waals surface area contributed by atoms with E-state index in [2.05, 4.69) is 22.1 Å². The summed E-state index contributed by atoms with van der Waals surface area (Å²) in [6.07, 6.45) is 5.33. The van der Waals surface area contributed by atoms with E-state index in [9.17, 15) is 8.42 Å². The highest BCUT2D eigenvalue weighted by molar-refractivity contribution is 7.89. The zero-order chi connectivity index (χ0) is 20.0. The molecular formula is C20H33N5O2S. The lowest BCUT2D eigenvalue weighted by atomic mass is 10.2. The molecule has 0 amide bonds. The number of hydrogen-bond donors (Lipinski definition) is 2. The first kappa shape index (κ1) is 21.1. The van der Waals surface area contributed by atoms with E-state index in [1.54, 1.807) is 16.4 Å². The van der Waals surface area contributed by atoms with Crippen molar-refractivity contribution < 1.29 is 8.42 Å². The molecule has 3 rings (SSSR count). The maximum absolute atomic E-state index is 13.0. The van der Waals surface area contributed by atoms with Crippen LogP contribution in [0.1, 0.15) is 44.6 Å². The van der Waals surface area contributed by atoms with Crippen LogP contribution in [0.2, 0.25) is 0 Å². The molecule has 2 fully saturated rings. The Morgan fingerprint density at radius 2 is 1.93 bits per heavy atom. The Bertz CT molecular complexity index is 775. The van der Waals surface area contributed by atoms with Gasteiger partial charge in [-0.25, -0.2) is 13.4 Å². The second-order valence-corrected chi connectivity index (χ2v) is 9.49. The topological polar surface area (TPSA) is 91.0 Å². The van der Waals surface area contributed by atoms with Crippen molar-refractivity contribution >= 4 is 16.0 Å². The van der Waals surface area contributed by atoms with Crippen LogP contribution in [0, 0.1) is 0 Å². The van der Waals surface area contributed by atoms with E-state index in [4.69, 9.17) is 5.73 Å². The van der Waals surface area contributed by atoms with E-state index in [1.165, 1.54) is 12.8 Å². The van der Waals surface area contributed by atoms with Gasteiger partial charge in [-0.1, -0.05) is 31.5 Å². The van der Waals surface area contributed by atoms with Crippen LogP contribution in [0.15, 0.2) is 34.2 Å². The maximum Gasteiger partial charge on any atom is 0.243 e. The molecule has 1 aromatic carbocycles. The molecule has 0 radical (unpaired) electrons. The lowest BCUT2D eigenvalue weighted by Crippen LogP contribution is -2.42. The molecular weight excluding hydrogens is 374 g/mol. The van der Waals surface area contributed by atoms with Gasteiger partial charge in [-0.15, -0.1) is 0 Å². The summed E-state index contributed by atoms with van der Waals surface area (Å²) in [6.45, 7) is 6.58. The van der Waals surface area contributed by atoms with Gasteiger partial charge in [0.1, 0.15) is 0 Å². The molecule has 0 bridgehead atoms. The maximum atomic E-state index is 13.0. The highest BCUT2D eigenvalue weighted by atomic mass is 32.2. The van der Waals surface area contributed by atoms with Crippen LogP contribution >= 0.6 is 0 Å². The molecule has 2 aliphatic heterocycles. The lowest BCUT2D eigenvalue weighted by Gasteiger charge is -2.26. The van der Waals surface area contributed by atoms with Crippen molar-refractivity contribution in [3.8, 4) is 0 Å². The number of likely N-dealkylation sites (tertiary alicyclic amines) is 1. The highest BCUT2D eigenvalue weighted by Gasteiger charge is 2.28. The summed E-state index contributed by atoms with van der Waals surface area (Å²) in [6, 6.07) is 7.61. The van der Waals surface area contributed by atoms with Gasteiger partial charge in [-0.2, -0.15) is 4.31 Å². The molecule has 2 heterocycles. The molecule has 0 aromatic heterocycles. The van der Waals surface area contributed by atoms with Gasteiger partial charge in [0, 0.05) is 25.7 Å². The minimum Gasteiger partial charge on any atom is -0.370 e. The third-order valence-corrected chi connectivity index (χ3v) is 7.75. The number of nitrogens with one attached hydrogen (secondary N) is 1. The predicted molar refractivity (Wildman–Crippen MR) is 113 cm³/mol. The quantitative estimate of drug-likeness (QED) is 0.531. The normalized spacial score (nSPS) is 22.5. The van der Waals surface area contributed by atoms with Gasteiger partial charge in [0.05, 0.1) is 11.4 Å². The van der Waals surface area contributed by atoms with Gasteiger partial charge >= 0.3 is 0 Å². The van der Waals surface area contributed by atoms with Crippen molar-refractivity contribution in [1.29, 1.82) is 0 Å². The Balaban J connectivity index is 1.65. The van der Waals surface area contributed by atoms with E-state index in [0.717, 1.165) is 38.9 Å². The summed E-state index contributed by atoms with van der Waals surface area (Å²) < 4.78 is 27.7. The van der Waals surface area contributed by atoms with Crippen LogP contribution < -0.4 is 11.1 Å². The first-order valence-electron chi connectivity index (χ1n) is 10.4. The van der Waals surface area contributed by atoms with Crippen LogP contribution in [0.3, 0.4) is 0 Å². The summed E-state index contributed by atoms with van der Waals surface area (Å²) in [5.74, 6) is 0.369. The minimum absolute atomic E-state index is 0.254. The monoisotopic (exact) mass is 407 g/mol. The molecule has 156 valence electrons. The Kier molecular flexibility index (Phi) is 7.31. The van der Waals surface area contributed by atoms with Crippen LogP contribution in [0.4, 0.5) is 0 Å². The van der Waals surface area contributed by atoms with Crippen molar-refractivity contribution in [2.45, 2.75) is 56.5 Å². The van der Waals surface area contributed by atoms with Gasteiger partial charge in [0.2, 0.25) is 10.0 Å². The molecule has 0 saturated carbocycles. The van der Waals surface area contributed by atoms with E-state index < -0.39 is 10.0 Å². The molecule has 28 heavy (non-hydrogen) atoms. The summed E-state index contributed by atoms with van der Waals surface area (Å²) in [4.78, 5) is 7.20. The summed E-state index contributed by atoms with van der Waals surface area (Å²) >= 11 is 0. The van der Waals surface area contributed by atoms with E-state index in [1.807, 2.05) is 12.1 Å². The van der Waals surface area contributed by atoms with Crippen molar-refractivity contribution in [2.24, 2.45) is 10.7 Å². The molecule has 0 aliphatic carbocycles. The molecule has 2 saturated heterocycles. The molecule has 7 nitrogen and oxygen atoms in total. The van der Waals surface area contributed by atoms with E-state index >= 15 is 0 Å². The number of nitrogens with zero attached hydrogens (tertiary/aromatic N) is 3. The number of guanidine groups is 1. The average Bonchev–Trinajstić information content (AvgIpc) is 3.19. The Hall–Kier alpha value is -1.64. The number of piperidine rings is 1. The number of benzene rings is 1. The second kappa shape index (κ2) is 9.71. The van der Waals surface area contributed by atoms with Crippen molar-refractivity contribution in [3.05, 3.63) is 29.8 Å². The van der Waals surface area contributed by atoms with Gasteiger partial charge in [-0.05, 0) is 50.4 Å². The van der Waals surface area contributed by atoms with E-state index in [0.29, 0.717) is 35.5 Å². The fraction of sp³-hybridized carbons (Fsp3) is 0.650. The van der Waals surface area contributed by atoms with Gasteiger partial charge in [-0.3, -0.25) is 4.90 Å². The average molecular weight is 408 g/mol. The Morgan fingerprint density at radius 1 is 1.18 bits per heavy atom. The standard InChI is InChI=1S/C20H33N5O2S/c1-2-24-12-8-10-18(24)16-23-20(21)22-15-17-9-4-5-11-19(17)28(26,27)25-13-6-3-7-14-25/h4-5,9,11,18H,2-3,6-8,10,12-16H2,1H3,(H3,21,22,23). The fourth-order valence-electron chi connectivity index (χ4n) is 4.12. The Labute approximate surface area is 169 Å². The highest BCUT2D eigenvalue weighted by Crippen LogP contribution is 2.24. The molecule has 1 unspecified atom stereocenters. The number of likely N-dealkylation sites (N-methyl/N-ethyl adjacent to an activating group) is 1. The van der Waals surface area contributed by atoms with Crippen molar-refractivity contribution in [3.63, 3.8) is 0 Å². The molecule has 2 aliphatic rings. The Morgan fingerprint density at radius 3 is 2.68 bits per heavy atom. The van der Waals surface area contributed by atoms with Crippen molar-refractivity contribution in [2.75, 3.05) is 32.7 Å². The van der Waals surface area contributed by atoms with Crippen LogP contribution in [-0.4, -0.2) is 62.3 Å². The third kappa shape index (κ3) is 5.04. The predicted octanol–water partition coefficient (Wildman–Crippen LogP) is 1.75. The van der Waals surface area contributed by atoms with Gasteiger partial charge in [0.25, 0.3) is 0 Å². The zero-order valence-corrected chi connectivity index (χ0v) is 17.6. The summed E-state index contributed by atoms with van der Waals surface area (Å²) in [5.41, 5.74) is 6.74. The second-order valence-electron chi connectivity index (χ2n) is 7.58. The van der Waals surface area contributed by atoms with Crippen LogP contribution in [0.5, 0.6) is 0 Å². The molecule has 0 spiro atoms. The summed E-state index contributed by atoms with van der Waals surface area (Å²) in [5, 5.41) is 3.21. The number of sulfonamides is 1. The molecule has 3 N–H and O–H groups in total. The summed E-state index contributed by atoms with van der Waals surface area (Å²) in [7, 11) is -3.48. The molecule has 8 heteroatoms. The van der Waals surface area contributed by atoms with Crippen LogP contribution in [0.25, 0.3) is 0 Å². The number of nitrogens with two attached hydrogens (primary N) is 1.